The SMILES string of the molecule is N#CC(C#N)C(c1ccccc1O)C1SC(=S)NC1=S. The summed E-state index contributed by atoms with van der Waals surface area (Å²) in [6, 6.07) is 10.6. The minimum Gasteiger partial charge on any atom is -0.508 e. The first kappa shape index (κ1) is 14.7. The zero-order valence-corrected chi connectivity index (χ0v) is 12.6. The van der Waals surface area contributed by atoms with E-state index in [1.165, 1.54) is 17.8 Å². The summed E-state index contributed by atoms with van der Waals surface area (Å²) >= 11 is 11.6. The van der Waals surface area contributed by atoms with Gasteiger partial charge < -0.3 is 10.4 Å². The molecule has 20 heavy (non-hydrogen) atoms. The van der Waals surface area contributed by atoms with Crippen LogP contribution in [0.5, 0.6) is 5.75 Å². The quantitative estimate of drug-likeness (QED) is 0.828. The third-order valence-electron chi connectivity index (χ3n) is 2.98. The highest BCUT2D eigenvalue weighted by Crippen LogP contribution is 2.41. The number of thiocarbonyl (C=S) groups is 2. The molecule has 2 atom stereocenters. The van der Waals surface area contributed by atoms with Crippen molar-refractivity contribution in [1.82, 2.24) is 5.32 Å². The fourth-order valence-corrected chi connectivity index (χ4v) is 4.04. The number of hydrogen-bond acceptors (Lipinski definition) is 6. The van der Waals surface area contributed by atoms with Gasteiger partial charge in [0.1, 0.15) is 16.0 Å². The number of rotatable bonds is 3. The van der Waals surface area contributed by atoms with Crippen LogP contribution in [0, 0.1) is 28.6 Å². The van der Waals surface area contributed by atoms with Gasteiger partial charge in [-0.05, 0) is 6.07 Å². The lowest BCUT2D eigenvalue weighted by atomic mass is 9.84. The highest BCUT2D eigenvalue weighted by Gasteiger charge is 2.40. The molecule has 0 aliphatic carbocycles. The van der Waals surface area contributed by atoms with Gasteiger partial charge in [-0.2, -0.15) is 10.5 Å². The molecule has 100 valence electrons. The molecule has 0 spiro atoms. The molecule has 1 aromatic carbocycles. The lowest BCUT2D eigenvalue weighted by Crippen LogP contribution is -2.30. The number of para-hydroxylation sites is 1. The molecule has 0 saturated carbocycles. The lowest BCUT2D eigenvalue weighted by molar-refractivity contribution is 0.457. The molecule has 2 rings (SSSR count). The van der Waals surface area contributed by atoms with Gasteiger partial charge in [-0.15, -0.1) is 0 Å². The Kier molecular flexibility index (Phi) is 4.56. The Morgan fingerprint density at radius 2 is 1.90 bits per heavy atom. The van der Waals surface area contributed by atoms with Gasteiger partial charge in [0.15, 0.2) is 0 Å². The van der Waals surface area contributed by atoms with Crippen molar-refractivity contribution >= 4 is 45.5 Å². The predicted octanol–water partition coefficient (Wildman–Crippen LogP) is 2.46. The Morgan fingerprint density at radius 1 is 1.25 bits per heavy atom. The van der Waals surface area contributed by atoms with Crippen molar-refractivity contribution in [2.24, 2.45) is 5.92 Å². The maximum atomic E-state index is 10.0. The summed E-state index contributed by atoms with van der Waals surface area (Å²) in [7, 11) is 0. The second kappa shape index (κ2) is 6.19. The van der Waals surface area contributed by atoms with E-state index < -0.39 is 11.8 Å². The normalized spacial score (nSPS) is 19.2. The van der Waals surface area contributed by atoms with Crippen molar-refractivity contribution in [1.29, 1.82) is 10.5 Å². The molecule has 4 nitrogen and oxygen atoms in total. The molecule has 1 aromatic rings. The van der Waals surface area contributed by atoms with Crippen LogP contribution in [0.25, 0.3) is 0 Å². The summed E-state index contributed by atoms with van der Waals surface area (Å²) < 4.78 is 0.523. The minimum atomic E-state index is -0.915. The summed E-state index contributed by atoms with van der Waals surface area (Å²) in [5.41, 5.74) is 0.534. The molecule has 1 fully saturated rings. The van der Waals surface area contributed by atoms with E-state index in [1.807, 2.05) is 12.1 Å². The molecule has 2 N–H and O–H groups in total. The van der Waals surface area contributed by atoms with E-state index in [0.717, 1.165) is 0 Å². The van der Waals surface area contributed by atoms with E-state index in [1.54, 1.807) is 18.2 Å². The van der Waals surface area contributed by atoms with Crippen LogP contribution >= 0.6 is 36.2 Å². The molecular weight excluding hydrogens is 310 g/mol. The first-order valence-corrected chi connectivity index (χ1v) is 7.36. The van der Waals surface area contributed by atoms with Crippen molar-refractivity contribution in [3.05, 3.63) is 29.8 Å². The Bertz CT molecular complexity index is 633. The summed E-state index contributed by atoms with van der Waals surface area (Å²) in [5.74, 6) is -1.40. The average Bonchev–Trinajstić information content (AvgIpc) is 2.76. The highest BCUT2D eigenvalue weighted by molar-refractivity contribution is 8.25. The monoisotopic (exact) mass is 319 g/mol. The van der Waals surface area contributed by atoms with Gasteiger partial charge in [0.05, 0.1) is 22.4 Å². The number of phenols is 1. The van der Waals surface area contributed by atoms with Gasteiger partial charge in [-0.3, -0.25) is 0 Å². The smallest absolute Gasteiger partial charge is 0.141 e. The Hall–Kier alpha value is -1.67. The zero-order valence-electron chi connectivity index (χ0n) is 10.1. The predicted molar refractivity (Wildman–Crippen MR) is 85.3 cm³/mol. The Morgan fingerprint density at radius 3 is 2.40 bits per heavy atom. The summed E-state index contributed by atoms with van der Waals surface area (Å²) in [4.78, 5) is 0.490. The van der Waals surface area contributed by atoms with E-state index in [9.17, 15) is 15.6 Å². The van der Waals surface area contributed by atoms with Gasteiger partial charge in [0.25, 0.3) is 0 Å². The molecule has 0 amide bonds. The minimum absolute atomic E-state index is 0.0502. The van der Waals surface area contributed by atoms with E-state index in [-0.39, 0.29) is 11.0 Å². The van der Waals surface area contributed by atoms with Crippen LogP contribution < -0.4 is 5.32 Å². The summed E-state index contributed by atoms with van der Waals surface area (Å²) in [6.45, 7) is 0. The number of phenolic OH excluding ortho intramolecular Hbond substituents is 1. The second-order valence-electron chi connectivity index (χ2n) is 4.14. The van der Waals surface area contributed by atoms with E-state index in [2.05, 4.69) is 5.32 Å². The zero-order chi connectivity index (χ0) is 14.7. The van der Waals surface area contributed by atoms with Crippen LogP contribution in [0.3, 0.4) is 0 Å². The van der Waals surface area contributed by atoms with Crippen LogP contribution in [-0.4, -0.2) is 19.7 Å². The fourth-order valence-electron chi connectivity index (χ4n) is 2.08. The summed E-state index contributed by atoms with van der Waals surface area (Å²) in [5, 5.41) is 31.0. The van der Waals surface area contributed by atoms with Crippen molar-refractivity contribution in [2.45, 2.75) is 11.2 Å². The maximum Gasteiger partial charge on any atom is 0.141 e. The number of nitrogens with zero attached hydrogens (tertiary/aromatic N) is 2. The molecule has 0 radical (unpaired) electrons. The highest BCUT2D eigenvalue weighted by atomic mass is 32.2. The number of benzene rings is 1. The van der Waals surface area contributed by atoms with Gasteiger partial charge in [0.2, 0.25) is 0 Å². The molecule has 1 aliphatic rings. The molecule has 0 aromatic heterocycles. The first-order chi connectivity index (χ1) is 9.58. The van der Waals surface area contributed by atoms with Gasteiger partial charge in [0, 0.05) is 11.5 Å². The topological polar surface area (TPSA) is 79.8 Å². The van der Waals surface area contributed by atoms with Gasteiger partial charge in [-0.25, -0.2) is 0 Å². The number of thioether (sulfide) groups is 1. The van der Waals surface area contributed by atoms with Crippen molar-refractivity contribution in [3.8, 4) is 17.9 Å². The lowest BCUT2D eigenvalue weighted by Gasteiger charge is -2.23. The third-order valence-corrected chi connectivity index (χ3v) is 4.97. The van der Waals surface area contributed by atoms with Crippen molar-refractivity contribution in [2.75, 3.05) is 0 Å². The van der Waals surface area contributed by atoms with Crippen molar-refractivity contribution in [3.63, 3.8) is 0 Å². The summed E-state index contributed by atoms with van der Waals surface area (Å²) in [6.07, 6.45) is 0. The molecule has 0 bridgehead atoms. The van der Waals surface area contributed by atoms with E-state index >= 15 is 0 Å². The largest absolute Gasteiger partial charge is 0.508 e. The van der Waals surface area contributed by atoms with E-state index in [0.29, 0.717) is 14.9 Å². The van der Waals surface area contributed by atoms with Crippen LogP contribution in [0.4, 0.5) is 0 Å². The molecule has 2 unspecified atom stereocenters. The molecular formula is C13H9N3OS3. The number of aromatic hydroxyl groups is 1. The van der Waals surface area contributed by atoms with Gasteiger partial charge in [-0.1, -0.05) is 54.4 Å². The number of nitriles is 2. The van der Waals surface area contributed by atoms with Crippen LogP contribution in [-0.2, 0) is 0 Å². The molecule has 1 aliphatic heterocycles. The Labute approximate surface area is 131 Å². The van der Waals surface area contributed by atoms with Crippen LogP contribution in [0.2, 0.25) is 0 Å². The van der Waals surface area contributed by atoms with E-state index in [4.69, 9.17) is 24.4 Å². The fraction of sp³-hybridized carbons (Fsp3) is 0.231. The van der Waals surface area contributed by atoms with Crippen LogP contribution in [0.15, 0.2) is 24.3 Å². The molecule has 1 heterocycles. The van der Waals surface area contributed by atoms with Gasteiger partial charge >= 0.3 is 0 Å². The first-order valence-electron chi connectivity index (χ1n) is 5.67. The second-order valence-corrected chi connectivity index (χ2v) is 6.39. The average molecular weight is 319 g/mol. The molecule has 7 heteroatoms. The third kappa shape index (κ3) is 2.75. The number of hydrogen-bond donors (Lipinski definition) is 2. The number of nitrogens with one attached hydrogen (secondary N) is 1. The molecule has 1 saturated heterocycles. The maximum absolute atomic E-state index is 10.0. The Balaban J connectivity index is 2.49. The standard InChI is InChI=1S/C13H9N3OS3/c14-5-7(6-15)10(8-3-1-2-4-9(8)17)11-12(18)16-13(19)20-11/h1-4,7,10-11,17H,(H,16,18,19). The van der Waals surface area contributed by atoms with Crippen LogP contribution in [0.1, 0.15) is 11.5 Å². The van der Waals surface area contributed by atoms with Crippen molar-refractivity contribution < 1.29 is 5.11 Å².